The van der Waals surface area contributed by atoms with Gasteiger partial charge < -0.3 is 25.7 Å². The summed E-state index contributed by atoms with van der Waals surface area (Å²) in [6.07, 6.45) is 0.560. The quantitative estimate of drug-likeness (QED) is 0.125. The van der Waals surface area contributed by atoms with Crippen LogP contribution in [0.2, 0.25) is 0 Å². The molecule has 1 aliphatic heterocycles. The second-order valence-corrected chi connectivity index (χ2v) is 10.6. The highest BCUT2D eigenvalue weighted by Crippen LogP contribution is 2.19. The Kier molecular flexibility index (Phi) is 13.3. The first-order valence-corrected chi connectivity index (χ1v) is 13.7. The molecule has 0 saturated carbocycles. The summed E-state index contributed by atoms with van der Waals surface area (Å²) < 4.78 is 0. The third-order valence-electron chi connectivity index (χ3n) is 7.15. The fourth-order valence-electron chi connectivity index (χ4n) is 5.02. The highest BCUT2D eigenvalue weighted by atomic mass is 16.4. The van der Waals surface area contributed by atoms with E-state index in [9.17, 15) is 49.2 Å². The van der Waals surface area contributed by atoms with Gasteiger partial charge in [-0.15, -0.1) is 0 Å². The molecule has 2 rings (SSSR count). The van der Waals surface area contributed by atoms with Gasteiger partial charge in [0.25, 0.3) is 0 Å². The Morgan fingerprint density at radius 2 is 1.12 bits per heavy atom. The maximum atomic E-state index is 12.3. The monoisotopic (exact) mass is 583 g/mol. The lowest BCUT2D eigenvalue weighted by molar-refractivity contribution is -0.145. The molecule has 0 amide bonds. The van der Waals surface area contributed by atoms with Crippen molar-refractivity contribution in [1.29, 1.82) is 0 Å². The number of carbonyl (C=O) groups is 4. The van der Waals surface area contributed by atoms with E-state index in [-0.39, 0.29) is 96.6 Å². The van der Waals surface area contributed by atoms with Gasteiger partial charge in [0.15, 0.2) is 0 Å². The van der Waals surface area contributed by atoms with Crippen LogP contribution in [0.15, 0.2) is 9.59 Å². The smallest absolute Gasteiger partial charge is 0.320 e. The normalized spacial score (nSPS) is 18.0. The molecular weight excluding hydrogens is 542 g/mol. The molecule has 0 aliphatic carbocycles. The molecule has 0 spiro atoms. The molecule has 1 aliphatic rings. The van der Waals surface area contributed by atoms with Crippen molar-refractivity contribution in [3.05, 3.63) is 26.0 Å². The van der Waals surface area contributed by atoms with E-state index in [2.05, 4.69) is 5.32 Å². The molecule has 15 heteroatoms. The SMILES string of the molecule is CC(C)c1c(NCCCC(C(=O)O)N2CCN(CC(=O)O)CCN(CC(=O)O)CCN(CC(=O)O)CC2)c(=O)c1=O. The molecular formula is C26H41N5O10. The molecule has 1 heterocycles. The highest BCUT2D eigenvalue weighted by Gasteiger charge is 2.28. The van der Waals surface area contributed by atoms with Crippen molar-refractivity contribution in [1.82, 2.24) is 19.6 Å². The average Bonchev–Trinajstić information content (AvgIpc) is 2.86. The minimum absolute atomic E-state index is 0.115. The number of carboxylic acid groups (broad SMARTS) is 4. The van der Waals surface area contributed by atoms with Crippen LogP contribution in [0.5, 0.6) is 0 Å². The average molecular weight is 584 g/mol. The molecule has 0 aromatic heterocycles. The lowest BCUT2D eigenvalue weighted by Gasteiger charge is -2.35. The van der Waals surface area contributed by atoms with E-state index >= 15 is 0 Å². The van der Waals surface area contributed by atoms with Gasteiger partial charge in [0.1, 0.15) is 6.04 Å². The number of aliphatic carboxylic acids is 4. The van der Waals surface area contributed by atoms with E-state index in [1.54, 1.807) is 19.6 Å². The molecule has 1 aromatic carbocycles. The zero-order chi connectivity index (χ0) is 30.7. The van der Waals surface area contributed by atoms with Crippen LogP contribution < -0.4 is 16.2 Å². The van der Waals surface area contributed by atoms with Crippen LogP contribution in [0, 0.1) is 0 Å². The summed E-state index contributed by atoms with van der Waals surface area (Å²) in [6, 6.07) is -0.959. The zero-order valence-corrected chi connectivity index (χ0v) is 23.6. The molecule has 41 heavy (non-hydrogen) atoms. The molecule has 0 bridgehead atoms. The second-order valence-electron chi connectivity index (χ2n) is 10.6. The second kappa shape index (κ2) is 16.1. The topological polar surface area (TPSA) is 208 Å². The van der Waals surface area contributed by atoms with Crippen LogP contribution in [-0.2, 0) is 19.2 Å². The molecule has 15 nitrogen and oxygen atoms in total. The van der Waals surface area contributed by atoms with Crippen LogP contribution >= 0.6 is 0 Å². The first-order chi connectivity index (χ1) is 19.3. The number of hydrogen-bond donors (Lipinski definition) is 5. The maximum Gasteiger partial charge on any atom is 0.320 e. The van der Waals surface area contributed by atoms with E-state index in [1.165, 1.54) is 0 Å². The number of nitrogens with zero attached hydrogens (tertiary/aromatic N) is 4. The summed E-state index contributed by atoms with van der Waals surface area (Å²) in [7, 11) is 0. The van der Waals surface area contributed by atoms with E-state index in [4.69, 9.17) is 0 Å². The Morgan fingerprint density at radius 3 is 1.49 bits per heavy atom. The Morgan fingerprint density at radius 1 is 0.707 bits per heavy atom. The van der Waals surface area contributed by atoms with Crippen molar-refractivity contribution in [2.75, 3.05) is 83.9 Å². The van der Waals surface area contributed by atoms with Gasteiger partial charge in [-0.3, -0.25) is 48.4 Å². The van der Waals surface area contributed by atoms with Gasteiger partial charge in [-0.1, -0.05) is 13.8 Å². The first kappa shape index (κ1) is 33.8. The molecule has 1 fully saturated rings. The van der Waals surface area contributed by atoms with Crippen molar-refractivity contribution >= 4 is 29.6 Å². The predicted octanol–water partition coefficient (Wildman–Crippen LogP) is -1.47. The molecule has 1 aromatic rings. The van der Waals surface area contributed by atoms with E-state index < -0.39 is 40.8 Å². The van der Waals surface area contributed by atoms with Crippen molar-refractivity contribution < 1.29 is 39.6 Å². The summed E-state index contributed by atoms with van der Waals surface area (Å²) in [5.74, 6) is -4.39. The van der Waals surface area contributed by atoms with Gasteiger partial charge in [0.05, 0.1) is 25.3 Å². The van der Waals surface area contributed by atoms with Crippen LogP contribution in [0.25, 0.3) is 0 Å². The first-order valence-electron chi connectivity index (χ1n) is 13.7. The van der Waals surface area contributed by atoms with Crippen LogP contribution in [0.3, 0.4) is 0 Å². The lowest BCUT2D eigenvalue weighted by atomic mass is 9.96. The van der Waals surface area contributed by atoms with Gasteiger partial charge in [0, 0.05) is 64.5 Å². The Balaban J connectivity index is 2.16. The number of rotatable bonds is 14. The molecule has 1 saturated heterocycles. The third-order valence-corrected chi connectivity index (χ3v) is 7.15. The van der Waals surface area contributed by atoms with E-state index in [0.717, 1.165) is 0 Å². The summed E-state index contributed by atoms with van der Waals surface area (Å²) in [6.45, 7) is 4.73. The number of anilines is 1. The number of carboxylic acids is 4. The fraction of sp³-hybridized carbons (Fsp3) is 0.692. The Hall–Kier alpha value is -3.40. The van der Waals surface area contributed by atoms with Crippen molar-refractivity contribution in [2.24, 2.45) is 0 Å². The van der Waals surface area contributed by atoms with Crippen LogP contribution in [0.1, 0.15) is 38.2 Å². The summed E-state index contributed by atoms with van der Waals surface area (Å²) >= 11 is 0. The van der Waals surface area contributed by atoms with E-state index in [1.807, 2.05) is 13.8 Å². The van der Waals surface area contributed by atoms with Crippen LogP contribution in [0.4, 0.5) is 5.69 Å². The summed E-state index contributed by atoms with van der Waals surface area (Å²) in [4.78, 5) is 76.9. The largest absolute Gasteiger partial charge is 0.480 e. The van der Waals surface area contributed by atoms with Crippen molar-refractivity contribution in [3.8, 4) is 0 Å². The Labute approximate surface area is 237 Å². The summed E-state index contributed by atoms with van der Waals surface area (Å²) in [5.41, 5.74) is -0.376. The third kappa shape index (κ3) is 10.8. The summed E-state index contributed by atoms with van der Waals surface area (Å²) in [5, 5.41) is 41.0. The van der Waals surface area contributed by atoms with Gasteiger partial charge >= 0.3 is 23.9 Å². The highest BCUT2D eigenvalue weighted by molar-refractivity contribution is 5.73. The Bertz CT molecular complexity index is 1100. The lowest BCUT2D eigenvalue weighted by Crippen LogP contribution is -2.51. The van der Waals surface area contributed by atoms with Crippen LogP contribution in [-0.4, -0.2) is 148 Å². The molecule has 1 atom stereocenters. The van der Waals surface area contributed by atoms with Gasteiger partial charge in [-0.05, 0) is 18.8 Å². The minimum atomic E-state index is -1.09. The van der Waals surface area contributed by atoms with E-state index in [0.29, 0.717) is 12.0 Å². The predicted molar refractivity (Wildman–Crippen MR) is 148 cm³/mol. The van der Waals surface area contributed by atoms with Crippen molar-refractivity contribution in [3.63, 3.8) is 0 Å². The maximum absolute atomic E-state index is 12.3. The van der Waals surface area contributed by atoms with Crippen molar-refractivity contribution in [2.45, 2.75) is 38.6 Å². The number of nitrogens with one attached hydrogen (secondary N) is 1. The standard InChI is InChI=1S/C26H41N5O10/c1-17(2)22-23(25(39)24(22)38)27-5-3-4-18(26(40)41)31-12-10-29(15-20(34)35)8-6-28(14-19(32)33)7-9-30(11-13-31)16-21(36)37/h17-18,27H,3-16H2,1-2H3,(H,32,33)(H,34,35)(H,36,37)(H,40,41). The number of hydrogen-bond acceptors (Lipinski definition) is 11. The molecule has 0 radical (unpaired) electrons. The zero-order valence-electron chi connectivity index (χ0n) is 23.6. The van der Waals surface area contributed by atoms with Gasteiger partial charge in [-0.2, -0.15) is 0 Å². The fourth-order valence-corrected chi connectivity index (χ4v) is 5.02. The van der Waals surface area contributed by atoms with Gasteiger partial charge in [0.2, 0.25) is 10.9 Å². The minimum Gasteiger partial charge on any atom is -0.480 e. The molecule has 230 valence electrons. The molecule has 1 unspecified atom stereocenters. The molecule has 5 N–H and O–H groups in total. The van der Waals surface area contributed by atoms with Gasteiger partial charge in [-0.25, -0.2) is 0 Å².